The van der Waals surface area contributed by atoms with E-state index in [1.165, 1.54) is 0 Å². The van der Waals surface area contributed by atoms with Crippen molar-refractivity contribution in [3.8, 4) is 0 Å². The Morgan fingerprint density at radius 1 is 0.960 bits per heavy atom. The minimum atomic E-state index is 0.0166. The summed E-state index contributed by atoms with van der Waals surface area (Å²) in [6.45, 7) is 14.6. The average Bonchev–Trinajstić information content (AvgIpc) is 2.61. The fourth-order valence-electron chi connectivity index (χ4n) is 2.88. The maximum absolute atomic E-state index is 4.84. The minimum Gasteiger partial charge on any atom is -0.353 e. The molecule has 2 aromatic heterocycles. The average molecular weight is 340 g/mol. The van der Waals surface area contributed by atoms with Crippen molar-refractivity contribution in [3.05, 3.63) is 35.9 Å². The molecule has 25 heavy (non-hydrogen) atoms. The molecule has 6 nitrogen and oxygen atoms in total. The van der Waals surface area contributed by atoms with Crippen LogP contribution in [-0.4, -0.2) is 46.3 Å². The third-order valence-corrected chi connectivity index (χ3v) is 4.50. The van der Waals surface area contributed by atoms with Crippen LogP contribution in [0, 0.1) is 0 Å². The molecule has 6 heteroatoms. The van der Waals surface area contributed by atoms with Crippen molar-refractivity contribution in [2.24, 2.45) is 0 Å². The van der Waals surface area contributed by atoms with Gasteiger partial charge in [-0.3, -0.25) is 0 Å². The van der Waals surface area contributed by atoms with Gasteiger partial charge >= 0.3 is 0 Å². The van der Waals surface area contributed by atoms with Crippen LogP contribution in [0.2, 0.25) is 0 Å². The van der Waals surface area contributed by atoms with Gasteiger partial charge in [0, 0.05) is 49.8 Å². The van der Waals surface area contributed by atoms with Crippen molar-refractivity contribution in [1.29, 1.82) is 0 Å². The second-order valence-electron chi connectivity index (χ2n) is 7.93. The van der Waals surface area contributed by atoms with E-state index >= 15 is 0 Å². The highest BCUT2D eigenvalue weighted by Crippen LogP contribution is 2.26. The van der Waals surface area contributed by atoms with Gasteiger partial charge in [0.25, 0.3) is 0 Å². The third-order valence-electron chi connectivity index (χ3n) is 4.50. The van der Waals surface area contributed by atoms with Crippen molar-refractivity contribution in [2.45, 2.75) is 46.0 Å². The van der Waals surface area contributed by atoms with Gasteiger partial charge in [0.2, 0.25) is 0 Å². The normalized spacial score (nSPS) is 15.8. The number of anilines is 2. The number of nitrogens with zero attached hydrogens (tertiary/aromatic N) is 6. The van der Waals surface area contributed by atoms with E-state index in [0.29, 0.717) is 5.92 Å². The summed E-state index contributed by atoms with van der Waals surface area (Å²) in [6.07, 6.45) is 1.71. The van der Waals surface area contributed by atoms with Crippen LogP contribution >= 0.6 is 0 Å². The summed E-state index contributed by atoms with van der Waals surface area (Å²) in [6, 6.07) is 6.11. The highest BCUT2D eigenvalue weighted by molar-refractivity contribution is 5.46. The lowest BCUT2D eigenvalue weighted by molar-refractivity contribution is 0.555. The van der Waals surface area contributed by atoms with Crippen LogP contribution < -0.4 is 9.80 Å². The molecule has 0 atom stereocenters. The SMILES string of the molecule is CC(C)c1nc(N2CCN(c3cccnn3)CC2)cc(C(C)(C)C)n1. The van der Waals surface area contributed by atoms with E-state index in [1.54, 1.807) is 6.20 Å². The van der Waals surface area contributed by atoms with E-state index in [2.05, 4.69) is 60.7 Å². The van der Waals surface area contributed by atoms with Gasteiger partial charge in [-0.1, -0.05) is 34.6 Å². The number of hydrogen-bond donors (Lipinski definition) is 0. The second-order valence-corrected chi connectivity index (χ2v) is 7.93. The highest BCUT2D eigenvalue weighted by atomic mass is 15.3. The van der Waals surface area contributed by atoms with Crippen LogP contribution in [0.15, 0.2) is 24.4 Å². The first-order valence-corrected chi connectivity index (χ1v) is 9.01. The van der Waals surface area contributed by atoms with Crippen LogP contribution in [-0.2, 0) is 5.41 Å². The van der Waals surface area contributed by atoms with Gasteiger partial charge in [0.05, 0.1) is 5.69 Å². The Morgan fingerprint density at radius 3 is 2.12 bits per heavy atom. The predicted molar refractivity (Wildman–Crippen MR) is 101 cm³/mol. The summed E-state index contributed by atoms with van der Waals surface area (Å²) in [7, 11) is 0. The summed E-state index contributed by atoms with van der Waals surface area (Å²) >= 11 is 0. The molecule has 0 amide bonds. The van der Waals surface area contributed by atoms with Gasteiger partial charge in [-0.15, -0.1) is 5.10 Å². The molecule has 0 N–H and O–H groups in total. The highest BCUT2D eigenvalue weighted by Gasteiger charge is 2.24. The zero-order valence-corrected chi connectivity index (χ0v) is 15.9. The molecule has 1 aliphatic rings. The maximum Gasteiger partial charge on any atom is 0.151 e. The first kappa shape index (κ1) is 17.6. The van der Waals surface area contributed by atoms with Gasteiger partial charge in [0.15, 0.2) is 5.82 Å². The molecule has 3 heterocycles. The molecule has 1 saturated heterocycles. The molecule has 1 aliphatic heterocycles. The molecule has 134 valence electrons. The standard InChI is InChI=1S/C19H28N6/c1-14(2)18-21-15(19(3,4)5)13-17(22-18)25-11-9-24(10-12-25)16-7-6-8-20-23-16/h6-8,13-14H,9-12H2,1-5H3. The largest absolute Gasteiger partial charge is 0.353 e. The molecule has 0 saturated carbocycles. The summed E-state index contributed by atoms with van der Waals surface area (Å²) in [5.41, 5.74) is 1.13. The van der Waals surface area contributed by atoms with Gasteiger partial charge in [-0.2, -0.15) is 5.10 Å². The smallest absolute Gasteiger partial charge is 0.151 e. The molecule has 2 aromatic rings. The lowest BCUT2D eigenvalue weighted by Gasteiger charge is -2.36. The van der Waals surface area contributed by atoms with Crippen molar-refractivity contribution in [1.82, 2.24) is 20.2 Å². The van der Waals surface area contributed by atoms with Crippen LogP contribution in [0.4, 0.5) is 11.6 Å². The molecule has 0 spiro atoms. The van der Waals surface area contributed by atoms with E-state index in [-0.39, 0.29) is 5.41 Å². The number of hydrogen-bond acceptors (Lipinski definition) is 6. The van der Waals surface area contributed by atoms with E-state index in [9.17, 15) is 0 Å². The molecule has 0 radical (unpaired) electrons. The van der Waals surface area contributed by atoms with Crippen molar-refractivity contribution < 1.29 is 0 Å². The first-order chi connectivity index (χ1) is 11.8. The van der Waals surface area contributed by atoms with E-state index in [1.807, 2.05) is 12.1 Å². The lowest BCUT2D eigenvalue weighted by Crippen LogP contribution is -2.47. The van der Waals surface area contributed by atoms with Crippen LogP contribution in [0.25, 0.3) is 0 Å². The molecule has 0 aliphatic carbocycles. The Balaban J connectivity index is 1.79. The number of piperazine rings is 1. The molecule has 0 aromatic carbocycles. The van der Waals surface area contributed by atoms with Gasteiger partial charge in [-0.05, 0) is 12.1 Å². The lowest BCUT2D eigenvalue weighted by atomic mass is 9.91. The fourth-order valence-corrected chi connectivity index (χ4v) is 2.88. The molecular weight excluding hydrogens is 312 g/mol. The molecule has 3 rings (SSSR count). The van der Waals surface area contributed by atoms with Gasteiger partial charge < -0.3 is 9.80 Å². The summed E-state index contributed by atoms with van der Waals surface area (Å²) in [4.78, 5) is 14.3. The zero-order valence-electron chi connectivity index (χ0n) is 15.9. The molecule has 0 bridgehead atoms. The Labute approximate surface area is 150 Å². The molecular formula is C19H28N6. The summed E-state index contributed by atoms with van der Waals surface area (Å²) in [5.74, 6) is 3.24. The monoisotopic (exact) mass is 340 g/mol. The predicted octanol–water partition coefficient (Wildman–Crippen LogP) is 3.01. The minimum absolute atomic E-state index is 0.0166. The van der Waals surface area contributed by atoms with Gasteiger partial charge in [-0.25, -0.2) is 9.97 Å². The molecule has 1 fully saturated rings. The zero-order chi connectivity index (χ0) is 18.0. The van der Waals surface area contributed by atoms with Crippen molar-refractivity contribution in [3.63, 3.8) is 0 Å². The molecule has 0 unspecified atom stereocenters. The Kier molecular flexibility index (Phi) is 4.88. The van der Waals surface area contributed by atoms with E-state index in [0.717, 1.165) is 49.3 Å². The first-order valence-electron chi connectivity index (χ1n) is 9.01. The van der Waals surface area contributed by atoms with E-state index < -0.39 is 0 Å². The summed E-state index contributed by atoms with van der Waals surface area (Å²) in [5, 5.41) is 8.20. The summed E-state index contributed by atoms with van der Waals surface area (Å²) < 4.78 is 0. The topological polar surface area (TPSA) is 58.0 Å². The van der Waals surface area contributed by atoms with Crippen LogP contribution in [0.5, 0.6) is 0 Å². The quantitative estimate of drug-likeness (QED) is 0.856. The maximum atomic E-state index is 4.84. The Bertz CT molecular complexity index is 700. The van der Waals surface area contributed by atoms with Crippen LogP contribution in [0.1, 0.15) is 52.1 Å². The Hall–Kier alpha value is -2.24. The van der Waals surface area contributed by atoms with Crippen molar-refractivity contribution >= 4 is 11.6 Å². The second kappa shape index (κ2) is 6.94. The fraction of sp³-hybridized carbons (Fsp3) is 0.579. The van der Waals surface area contributed by atoms with Crippen molar-refractivity contribution in [2.75, 3.05) is 36.0 Å². The van der Waals surface area contributed by atoms with Gasteiger partial charge in [0.1, 0.15) is 11.6 Å². The number of aromatic nitrogens is 4. The number of rotatable bonds is 3. The van der Waals surface area contributed by atoms with Crippen LogP contribution in [0.3, 0.4) is 0 Å². The third kappa shape index (κ3) is 4.06. The Morgan fingerprint density at radius 2 is 1.60 bits per heavy atom. The van der Waals surface area contributed by atoms with E-state index in [4.69, 9.17) is 9.97 Å².